The van der Waals surface area contributed by atoms with E-state index in [-0.39, 0.29) is 5.41 Å². The molecule has 61 heavy (non-hydrogen) atoms. The highest BCUT2D eigenvalue weighted by Gasteiger charge is 2.36. The number of rotatable bonds is 5. The van der Waals surface area contributed by atoms with E-state index in [9.17, 15) is 0 Å². The van der Waals surface area contributed by atoms with Crippen LogP contribution in [0.3, 0.4) is 0 Å². The van der Waals surface area contributed by atoms with E-state index in [2.05, 4.69) is 176 Å². The predicted octanol–water partition coefficient (Wildman–Crippen LogP) is 16.5. The molecule has 0 radical (unpaired) electrons. The van der Waals surface area contributed by atoms with Gasteiger partial charge < -0.3 is 18.2 Å². The lowest BCUT2D eigenvalue weighted by atomic mass is 9.82. The van der Waals surface area contributed by atoms with Crippen molar-refractivity contribution in [3.63, 3.8) is 0 Å². The van der Waals surface area contributed by atoms with Gasteiger partial charge >= 0.3 is 0 Å². The van der Waals surface area contributed by atoms with Crippen molar-refractivity contribution in [3.05, 3.63) is 199 Å². The Morgan fingerprint density at radius 1 is 0.361 bits per heavy atom. The van der Waals surface area contributed by atoms with Crippen LogP contribution in [0.4, 0.5) is 17.1 Å². The van der Waals surface area contributed by atoms with Crippen LogP contribution in [-0.4, -0.2) is 0 Å². The van der Waals surface area contributed by atoms with Crippen LogP contribution in [0.1, 0.15) is 25.0 Å². The highest BCUT2D eigenvalue weighted by Crippen LogP contribution is 2.53. The number of benzene rings is 9. The Hall–Kier alpha value is -7.82. The lowest BCUT2D eigenvalue weighted by Gasteiger charge is -2.28. The minimum atomic E-state index is -0.178. The van der Waals surface area contributed by atoms with Crippen LogP contribution >= 0.6 is 0 Å². The summed E-state index contributed by atoms with van der Waals surface area (Å²) in [6, 6.07) is 66.9. The Kier molecular flexibility index (Phi) is 7.04. The molecule has 0 aliphatic heterocycles. The van der Waals surface area contributed by atoms with Crippen molar-refractivity contribution in [2.45, 2.75) is 19.3 Å². The number of para-hydroxylation sites is 3. The van der Waals surface area contributed by atoms with Crippen molar-refractivity contribution in [1.82, 2.24) is 0 Å². The molecule has 0 N–H and O–H groups in total. The van der Waals surface area contributed by atoms with Gasteiger partial charge in [-0.15, -0.1) is 0 Å². The Balaban J connectivity index is 1.12. The second-order valence-electron chi connectivity index (χ2n) is 16.8. The number of nitrogens with zero attached hydrogens (tertiary/aromatic N) is 1. The van der Waals surface area contributed by atoms with Crippen LogP contribution in [0.2, 0.25) is 0 Å². The van der Waals surface area contributed by atoms with Gasteiger partial charge in [-0.2, -0.15) is 0 Å². The molecule has 0 saturated carbocycles. The molecule has 9 aromatic carbocycles. The Morgan fingerprint density at radius 3 is 1.80 bits per heavy atom. The summed E-state index contributed by atoms with van der Waals surface area (Å²) in [7, 11) is 0. The van der Waals surface area contributed by atoms with Crippen LogP contribution in [0.5, 0.6) is 0 Å². The molecule has 13 rings (SSSR count). The van der Waals surface area contributed by atoms with Crippen LogP contribution < -0.4 is 4.90 Å². The summed E-state index contributed by atoms with van der Waals surface area (Å²) in [4.78, 5) is 2.37. The summed E-state index contributed by atoms with van der Waals surface area (Å²) < 4.78 is 20.5. The topological polar surface area (TPSA) is 42.7 Å². The highest BCUT2D eigenvalue weighted by molar-refractivity contribution is 6.30. The average molecular weight is 784 g/mol. The normalized spacial score (nSPS) is 13.2. The van der Waals surface area contributed by atoms with Gasteiger partial charge in [0.25, 0.3) is 0 Å². The molecule has 12 aromatic rings. The lowest BCUT2D eigenvalue weighted by Crippen LogP contribution is -2.16. The zero-order chi connectivity index (χ0) is 40.4. The molecule has 4 heteroatoms. The van der Waals surface area contributed by atoms with Gasteiger partial charge in [-0.25, -0.2) is 0 Å². The van der Waals surface area contributed by atoms with E-state index < -0.39 is 0 Å². The van der Waals surface area contributed by atoms with Crippen molar-refractivity contribution in [1.29, 1.82) is 0 Å². The van der Waals surface area contributed by atoms with Crippen LogP contribution in [0.15, 0.2) is 201 Å². The third kappa shape index (κ3) is 4.87. The molecule has 288 valence electrons. The van der Waals surface area contributed by atoms with E-state index in [4.69, 9.17) is 13.3 Å². The zero-order valence-corrected chi connectivity index (χ0v) is 33.6. The van der Waals surface area contributed by atoms with Crippen molar-refractivity contribution in [3.8, 4) is 33.4 Å². The average Bonchev–Trinajstić information content (AvgIpc) is 4.06. The van der Waals surface area contributed by atoms with E-state index in [0.717, 1.165) is 99.6 Å². The smallest absolute Gasteiger partial charge is 0.160 e. The predicted molar refractivity (Wildman–Crippen MR) is 251 cm³/mol. The molecular weight excluding hydrogens is 747 g/mol. The minimum Gasteiger partial charge on any atom is -0.456 e. The van der Waals surface area contributed by atoms with Gasteiger partial charge in [-0.1, -0.05) is 147 Å². The zero-order valence-electron chi connectivity index (χ0n) is 33.6. The Bertz CT molecular complexity index is 3730. The van der Waals surface area contributed by atoms with Gasteiger partial charge in [0.15, 0.2) is 5.58 Å². The highest BCUT2D eigenvalue weighted by atomic mass is 16.3. The molecule has 0 atom stereocenters. The maximum atomic E-state index is 7.23. The summed E-state index contributed by atoms with van der Waals surface area (Å²) in [6.07, 6.45) is 0. The molecule has 0 spiro atoms. The van der Waals surface area contributed by atoms with Gasteiger partial charge in [-0.3, -0.25) is 0 Å². The van der Waals surface area contributed by atoms with Crippen molar-refractivity contribution < 1.29 is 13.3 Å². The first-order valence-electron chi connectivity index (χ1n) is 20.9. The van der Waals surface area contributed by atoms with Crippen molar-refractivity contribution >= 4 is 82.9 Å². The van der Waals surface area contributed by atoms with E-state index in [1.54, 1.807) is 0 Å². The van der Waals surface area contributed by atoms with Crippen LogP contribution in [0.25, 0.3) is 99.2 Å². The number of furan rings is 3. The summed E-state index contributed by atoms with van der Waals surface area (Å²) in [6.45, 7) is 4.68. The van der Waals surface area contributed by atoms with Crippen molar-refractivity contribution in [2.75, 3.05) is 4.90 Å². The van der Waals surface area contributed by atoms with Gasteiger partial charge in [0.1, 0.15) is 27.9 Å². The van der Waals surface area contributed by atoms with E-state index in [1.165, 1.54) is 27.8 Å². The molecule has 1 aliphatic rings. The molecule has 0 unspecified atom stereocenters. The van der Waals surface area contributed by atoms with Gasteiger partial charge in [0.2, 0.25) is 0 Å². The summed E-state index contributed by atoms with van der Waals surface area (Å²) in [5.41, 5.74) is 17.4. The molecule has 0 amide bonds. The molecule has 3 aromatic heterocycles. The van der Waals surface area contributed by atoms with Crippen LogP contribution in [-0.2, 0) is 5.41 Å². The van der Waals surface area contributed by atoms with E-state index in [0.29, 0.717) is 0 Å². The molecule has 4 nitrogen and oxygen atoms in total. The standard InChI is InChI=1S/C57H37NO3/c1-57(2)45-20-9-6-15-38(45)39-28-27-37(33-46(39)57)58(36-25-23-35(24-26-36)34-13-4-3-5-14-34)47-30-29-41(43-19-12-18-42-40-16-7-10-21-48(40)60-55(42)43)53-54-51(61-56(47)53)32-31-50-52(54)44-17-8-11-22-49(44)59-50/h3-33H,1-2H3. The SMILES string of the molecule is CC1(C)c2ccccc2-c2ccc(N(c3ccc(-c4ccccc4)cc3)c3ccc(-c4cccc5c4oc4ccccc45)c4c3oc3ccc5oc6ccccc6c5c34)cc21. The van der Waals surface area contributed by atoms with Gasteiger partial charge in [0.05, 0.1) is 5.69 Å². The monoisotopic (exact) mass is 783 g/mol. The molecule has 1 aliphatic carbocycles. The molecular formula is C57H37NO3. The largest absolute Gasteiger partial charge is 0.456 e. The number of anilines is 3. The first-order chi connectivity index (χ1) is 30.0. The second-order valence-corrected chi connectivity index (χ2v) is 16.8. The third-order valence-electron chi connectivity index (χ3n) is 13.1. The molecule has 3 heterocycles. The summed E-state index contributed by atoms with van der Waals surface area (Å²) >= 11 is 0. The number of fused-ring (bicyclic) bond motifs is 13. The van der Waals surface area contributed by atoms with E-state index >= 15 is 0 Å². The maximum Gasteiger partial charge on any atom is 0.160 e. The molecule has 0 fully saturated rings. The fourth-order valence-corrected chi connectivity index (χ4v) is 10.2. The minimum absolute atomic E-state index is 0.178. The molecule has 0 bridgehead atoms. The quantitative estimate of drug-likeness (QED) is 0.174. The maximum absolute atomic E-state index is 7.23. The Morgan fingerprint density at radius 2 is 0.967 bits per heavy atom. The first-order valence-corrected chi connectivity index (χ1v) is 20.9. The van der Waals surface area contributed by atoms with Crippen molar-refractivity contribution in [2.24, 2.45) is 0 Å². The number of hydrogen-bond acceptors (Lipinski definition) is 4. The van der Waals surface area contributed by atoms with Gasteiger partial charge in [-0.05, 0) is 93.5 Å². The van der Waals surface area contributed by atoms with Gasteiger partial charge in [0, 0.05) is 54.7 Å². The third-order valence-corrected chi connectivity index (χ3v) is 13.1. The van der Waals surface area contributed by atoms with Crippen LogP contribution in [0, 0.1) is 0 Å². The Labute approximate surface area is 351 Å². The molecule has 0 saturated heterocycles. The fourth-order valence-electron chi connectivity index (χ4n) is 10.2. The summed E-state index contributed by atoms with van der Waals surface area (Å²) in [5, 5.41) is 6.30. The fraction of sp³-hybridized carbons (Fsp3) is 0.0526. The summed E-state index contributed by atoms with van der Waals surface area (Å²) in [5.74, 6) is 0. The second kappa shape index (κ2) is 12.6. The number of hydrogen-bond donors (Lipinski definition) is 0. The van der Waals surface area contributed by atoms with E-state index in [1.807, 2.05) is 30.3 Å². The first kappa shape index (κ1) is 34.1. The lowest BCUT2D eigenvalue weighted by molar-refractivity contribution is 0.660.